The van der Waals surface area contributed by atoms with E-state index in [0.29, 0.717) is 6.54 Å². The number of aromatic nitrogens is 2. The van der Waals surface area contributed by atoms with Crippen LogP contribution in [0.4, 0.5) is 0 Å². The fraction of sp³-hybridized carbons (Fsp3) is 0.812. The van der Waals surface area contributed by atoms with Crippen molar-refractivity contribution in [1.82, 2.24) is 15.1 Å². The van der Waals surface area contributed by atoms with Gasteiger partial charge < -0.3 is 10.4 Å². The summed E-state index contributed by atoms with van der Waals surface area (Å²) in [7, 11) is 0. The van der Waals surface area contributed by atoms with E-state index in [9.17, 15) is 5.11 Å². The highest BCUT2D eigenvalue weighted by atomic mass is 16.3. The molecule has 0 unspecified atom stereocenters. The Morgan fingerprint density at radius 1 is 1.40 bits per heavy atom. The van der Waals surface area contributed by atoms with Gasteiger partial charge in [-0.3, -0.25) is 4.68 Å². The van der Waals surface area contributed by atoms with Gasteiger partial charge in [-0.1, -0.05) is 20.3 Å². The average molecular weight is 279 g/mol. The van der Waals surface area contributed by atoms with Gasteiger partial charge in [0, 0.05) is 31.4 Å². The lowest BCUT2D eigenvalue weighted by atomic mass is 9.78. The third-order valence-corrected chi connectivity index (χ3v) is 4.54. The Hall–Kier alpha value is -0.870. The molecule has 114 valence electrons. The predicted molar refractivity (Wildman–Crippen MR) is 81.4 cm³/mol. The van der Waals surface area contributed by atoms with Crippen molar-refractivity contribution in [2.45, 2.75) is 71.1 Å². The molecule has 20 heavy (non-hydrogen) atoms. The molecule has 0 aromatic carbocycles. The summed E-state index contributed by atoms with van der Waals surface area (Å²) in [4.78, 5) is 0. The summed E-state index contributed by atoms with van der Waals surface area (Å²) in [5.41, 5.74) is 0.703. The first-order valence-electron chi connectivity index (χ1n) is 8.09. The fourth-order valence-electron chi connectivity index (χ4n) is 3.09. The first-order chi connectivity index (χ1) is 9.65. The number of nitrogens with one attached hydrogen (secondary N) is 1. The zero-order valence-electron chi connectivity index (χ0n) is 12.9. The van der Waals surface area contributed by atoms with Crippen LogP contribution in [-0.4, -0.2) is 27.0 Å². The van der Waals surface area contributed by atoms with E-state index in [1.54, 1.807) is 0 Å². The summed E-state index contributed by atoms with van der Waals surface area (Å²) in [5, 5.41) is 18.3. The summed E-state index contributed by atoms with van der Waals surface area (Å²) in [5.74, 6) is 0.822. The third-order valence-electron chi connectivity index (χ3n) is 4.54. The largest absolute Gasteiger partial charge is 0.389 e. The number of nitrogens with zero attached hydrogens (tertiary/aromatic N) is 2. The Bertz CT molecular complexity index is 394. The normalized spacial score (nSPS) is 26.9. The minimum absolute atomic E-state index is 0.495. The van der Waals surface area contributed by atoms with Crippen LogP contribution < -0.4 is 5.32 Å². The molecule has 2 rings (SSSR count). The standard InChI is InChI=1S/C16H29N3O/c1-3-9-19-12-15(11-18-19)10-17-13-16(20)7-5-14(4-2)6-8-16/h11-12,14,17,20H,3-10,13H2,1-2H3. The van der Waals surface area contributed by atoms with Crippen molar-refractivity contribution in [1.29, 1.82) is 0 Å². The SMILES string of the molecule is CCCn1cc(CNCC2(O)CCC(CC)CC2)cn1. The molecule has 0 saturated heterocycles. The smallest absolute Gasteiger partial charge is 0.0771 e. The second-order valence-corrected chi connectivity index (χ2v) is 6.29. The lowest BCUT2D eigenvalue weighted by molar-refractivity contribution is -0.00881. The van der Waals surface area contributed by atoms with Gasteiger partial charge in [0.1, 0.15) is 0 Å². The minimum Gasteiger partial charge on any atom is -0.389 e. The number of aliphatic hydroxyl groups is 1. The van der Waals surface area contributed by atoms with Crippen molar-refractivity contribution in [2.24, 2.45) is 5.92 Å². The maximum Gasteiger partial charge on any atom is 0.0771 e. The molecule has 0 amide bonds. The highest BCUT2D eigenvalue weighted by molar-refractivity contribution is 5.03. The highest BCUT2D eigenvalue weighted by Crippen LogP contribution is 2.33. The monoisotopic (exact) mass is 279 g/mol. The van der Waals surface area contributed by atoms with Crippen LogP contribution in [0, 0.1) is 5.92 Å². The summed E-state index contributed by atoms with van der Waals surface area (Å²) in [6, 6.07) is 0. The van der Waals surface area contributed by atoms with Gasteiger partial charge in [0.05, 0.1) is 11.8 Å². The molecule has 1 aromatic heterocycles. The molecule has 1 saturated carbocycles. The minimum atomic E-state index is -0.495. The van der Waals surface area contributed by atoms with E-state index in [1.165, 1.54) is 24.8 Å². The molecule has 0 aliphatic heterocycles. The van der Waals surface area contributed by atoms with Crippen molar-refractivity contribution < 1.29 is 5.11 Å². The molecule has 0 atom stereocenters. The van der Waals surface area contributed by atoms with Crippen LogP contribution in [-0.2, 0) is 13.1 Å². The van der Waals surface area contributed by atoms with E-state index in [1.807, 2.05) is 10.9 Å². The Morgan fingerprint density at radius 3 is 2.80 bits per heavy atom. The van der Waals surface area contributed by atoms with Crippen molar-refractivity contribution >= 4 is 0 Å². The summed E-state index contributed by atoms with van der Waals surface area (Å²) >= 11 is 0. The summed E-state index contributed by atoms with van der Waals surface area (Å²) in [6.07, 6.45) is 10.6. The molecule has 1 heterocycles. The molecular formula is C16H29N3O. The van der Waals surface area contributed by atoms with Gasteiger partial charge in [-0.2, -0.15) is 5.10 Å². The Labute approximate surface area is 122 Å². The second-order valence-electron chi connectivity index (χ2n) is 6.29. The molecule has 2 N–H and O–H groups in total. The van der Waals surface area contributed by atoms with Gasteiger partial charge in [-0.15, -0.1) is 0 Å². The maximum atomic E-state index is 10.6. The first kappa shape index (κ1) is 15.5. The Morgan fingerprint density at radius 2 is 2.15 bits per heavy atom. The molecule has 0 spiro atoms. The van der Waals surface area contributed by atoms with Crippen LogP contribution in [0.15, 0.2) is 12.4 Å². The summed E-state index contributed by atoms with van der Waals surface area (Å²) in [6.45, 7) is 6.87. The van der Waals surface area contributed by atoms with Crippen molar-refractivity contribution in [2.75, 3.05) is 6.54 Å². The fourth-order valence-corrected chi connectivity index (χ4v) is 3.09. The van der Waals surface area contributed by atoms with Crippen molar-refractivity contribution in [3.05, 3.63) is 18.0 Å². The van der Waals surface area contributed by atoms with Gasteiger partial charge in [0.15, 0.2) is 0 Å². The topological polar surface area (TPSA) is 50.1 Å². The van der Waals surface area contributed by atoms with Crippen LogP contribution >= 0.6 is 0 Å². The highest BCUT2D eigenvalue weighted by Gasteiger charge is 2.32. The number of hydrogen-bond donors (Lipinski definition) is 2. The predicted octanol–water partition coefficient (Wildman–Crippen LogP) is 2.71. The zero-order chi connectivity index (χ0) is 14.4. The van der Waals surface area contributed by atoms with Gasteiger partial charge in [-0.25, -0.2) is 0 Å². The molecular weight excluding hydrogens is 250 g/mol. The van der Waals surface area contributed by atoms with Gasteiger partial charge in [-0.05, 0) is 38.0 Å². The van der Waals surface area contributed by atoms with Crippen LogP contribution in [0.2, 0.25) is 0 Å². The lowest BCUT2D eigenvalue weighted by Gasteiger charge is -2.36. The average Bonchev–Trinajstić information content (AvgIpc) is 2.88. The molecule has 1 aliphatic carbocycles. The molecule has 0 bridgehead atoms. The zero-order valence-corrected chi connectivity index (χ0v) is 12.9. The molecule has 4 heteroatoms. The number of aryl methyl sites for hydroxylation is 1. The van der Waals surface area contributed by atoms with Crippen molar-refractivity contribution in [3.8, 4) is 0 Å². The lowest BCUT2D eigenvalue weighted by Crippen LogP contribution is -2.43. The maximum absolute atomic E-state index is 10.6. The third kappa shape index (κ3) is 4.32. The van der Waals surface area contributed by atoms with Crippen LogP contribution in [0.25, 0.3) is 0 Å². The van der Waals surface area contributed by atoms with Crippen LogP contribution in [0.3, 0.4) is 0 Å². The molecule has 1 aliphatic rings. The van der Waals surface area contributed by atoms with E-state index >= 15 is 0 Å². The second kappa shape index (κ2) is 7.23. The van der Waals surface area contributed by atoms with E-state index in [0.717, 1.165) is 38.3 Å². The van der Waals surface area contributed by atoms with E-state index in [4.69, 9.17) is 0 Å². The van der Waals surface area contributed by atoms with E-state index in [2.05, 4.69) is 30.5 Å². The number of hydrogen-bond acceptors (Lipinski definition) is 3. The van der Waals surface area contributed by atoms with Gasteiger partial charge in [0.2, 0.25) is 0 Å². The molecule has 1 fully saturated rings. The van der Waals surface area contributed by atoms with Gasteiger partial charge >= 0.3 is 0 Å². The van der Waals surface area contributed by atoms with E-state index < -0.39 is 5.60 Å². The van der Waals surface area contributed by atoms with Crippen molar-refractivity contribution in [3.63, 3.8) is 0 Å². The molecule has 0 radical (unpaired) electrons. The van der Waals surface area contributed by atoms with Crippen LogP contribution in [0.1, 0.15) is 57.9 Å². The molecule has 4 nitrogen and oxygen atoms in total. The van der Waals surface area contributed by atoms with Gasteiger partial charge in [0.25, 0.3) is 0 Å². The quantitative estimate of drug-likeness (QED) is 0.807. The Kier molecular flexibility index (Phi) is 5.61. The molecule has 1 aromatic rings. The first-order valence-corrected chi connectivity index (χ1v) is 8.09. The van der Waals surface area contributed by atoms with Crippen LogP contribution in [0.5, 0.6) is 0 Å². The number of rotatable bonds is 7. The Balaban J connectivity index is 1.72. The van der Waals surface area contributed by atoms with E-state index in [-0.39, 0.29) is 0 Å². The summed E-state index contributed by atoms with van der Waals surface area (Å²) < 4.78 is 1.98.